The molecule has 0 saturated carbocycles. The number of benzene rings is 2. The molecule has 5 nitrogen and oxygen atoms in total. The highest BCUT2D eigenvalue weighted by molar-refractivity contribution is 5.73. The Morgan fingerprint density at radius 1 is 0.690 bits per heavy atom. The van der Waals surface area contributed by atoms with Crippen LogP contribution in [-0.4, -0.2) is 27.3 Å². The first-order chi connectivity index (χ1) is 14.1. The number of aromatic hydroxyl groups is 2. The molecule has 0 saturated heterocycles. The number of ether oxygens (including phenoxy) is 1. The summed E-state index contributed by atoms with van der Waals surface area (Å²) >= 11 is 0. The molecular weight excluding hydrogens is 364 g/mol. The van der Waals surface area contributed by atoms with Crippen molar-refractivity contribution in [2.75, 3.05) is 7.11 Å². The SMILES string of the molecule is COc1cccc(-c2cccc(-c3cccc(-c4ccc(C)cc4O)n3)n2)c1O. The van der Waals surface area contributed by atoms with E-state index in [0.29, 0.717) is 39.7 Å². The maximum Gasteiger partial charge on any atom is 0.167 e. The van der Waals surface area contributed by atoms with Crippen LogP contribution in [0.25, 0.3) is 33.9 Å². The van der Waals surface area contributed by atoms with Gasteiger partial charge in [0.2, 0.25) is 0 Å². The number of para-hydroxylation sites is 1. The van der Waals surface area contributed by atoms with E-state index in [1.807, 2.05) is 55.5 Å². The number of phenolic OH excluding ortho intramolecular Hbond substituents is 2. The number of aryl methyl sites for hydroxylation is 1. The molecule has 4 rings (SSSR count). The second-order valence-electron chi connectivity index (χ2n) is 6.69. The Morgan fingerprint density at radius 3 is 1.90 bits per heavy atom. The fourth-order valence-electron chi connectivity index (χ4n) is 3.21. The number of hydrogen-bond donors (Lipinski definition) is 2. The van der Waals surface area contributed by atoms with E-state index in [-0.39, 0.29) is 11.5 Å². The molecule has 0 aliphatic rings. The summed E-state index contributed by atoms with van der Waals surface area (Å²) in [6, 6.07) is 22.0. The lowest BCUT2D eigenvalue weighted by Crippen LogP contribution is -1.93. The summed E-state index contributed by atoms with van der Waals surface area (Å²) < 4.78 is 5.19. The highest BCUT2D eigenvalue weighted by Crippen LogP contribution is 2.36. The molecule has 0 radical (unpaired) electrons. The van der Waals surface area contributed by atoms with Crippen molar-refractivity contribution >= 4 is 0 Å². The van der Waals surface area contributed by atoms with E-state index in [1.54, 1.807) is 24.3 Å². The van der Waals surface area contributed by atoms with Gasteiger partial charge in [-0.2, -0.15) is 0 Å². The third-order valence-electron chi connectivity index (χ3n) is 4.68. The lowest BCUT2D eigenvalue weighted by molar-refractivity contribution is 0.374. The van der Waals surface area contributed by atoms with Crippen LogP contribution in [0.4, 0.5) is 0 Å². The molecule has 0 amide bonds. The van der Waals surface area contributed by atoms with Crippen LogP contribution in [0.5, 0.6) is 17.2 Å². The zero-order chi connectivity index (χ0) is 20.4. The van der Waals surface area contributed by atoms with Gasteiger partial charge in [-0.05, 0) is 61.0 Å². The van der Waals surface area contributed by atoms with Gasteiger partial charge in [0.05, 0.1) is 29.9 Å². The van der Waals surface area contributed by atoms with Crippen LogP contribution in [0.15, 0.2) is 72.8 Å². The Bertz CT molecular complexity index is 1190. The zero-order valence-corrected chi connectivity index (χ0v) is 16.1. The van der Waals surface area contributed by atoms with Crippen LogP contribution in [0.1, 0.15) is 5.56 Å². The standard InChI is InChI=1S/C24H20N2O3/c1-15-12-13-16(22(27)14-15)18-7-4-9-20(25-18)21-10-5-8-19(26-21)17-6-3-11-23(29-2)24(17)28/h3-14,27-28H,1-2H3. The second kappa shape index (κ2) is 7.64. The van der Waals surface area contributed by atoms with Gasteiger partial charge >= 0.3 is 0 Å². The Morgan fingerprint density at radius 2 is 1.28 bits per heavy atom. The van der Waals surface area contributed by atoms with E-state index in [4.69, 9.17) is 4.74 Å². The van der Waals surface area contributed by atoms with Crippen molar-refractivity contribution in [1.29, 1.82) is 0 Å². The Hall–Kier alpha value is -3.86. The molecule has 2 aromatic heterocycles. The number of aromatic nitrogens is 2. The van der Waals surface area contributed by atoms with Gasteiger partial charge in [0.15, 0.2) is 11.5 Å². The van der Waals surface area contributed by atoms with Crippen LogP contribution >= 0.6 is 0 Å². The van der Waals surface area contributed by atoms with Crippen LogP contribution < -0.4 is 4.74 Å². The molecule has 4 aromatic rings. The van der Waals surface area contributed by atoms with Gasteiger partial charge in [-0.3, -0.25) is 0 Å². The minimum Gasteiger partial charge on any atom is -0.507 e. The second-order valence-corrected chi connectivity index (χ2v) is 6.69. The normalized spacial score (nSPS) is 10.7. The molecule has 2 heterocycles. The van der Waals surface area contributed by atoms with Gasteiger partial charge in [0.25, 0.3) is 0 Å². The van der Waals surface area contributed by atoms with Crippen molar-refractivity contribution in [1.82, 2.24) is 9.97 Å². The smallest absolute Gasteiger partial charge is 0.167 e. The molecular formula is C24H20N2O3. The minimum absolute atomic E-state index is 0.0472. The fraction of sp³-hybridized carbons (Fsp3) is 0.0833. The van der Waals surface area contributed by atoms with Gasteiger partial charge in [0.1, 0.15) is 5.75 Å². The van der Waals surface area contributed by atoms with E-state index in [2.05, 4.69) is 9.97 Å². The van der Waals surface area contributed by atoms with Gasteiger partial charge in [-0.15, -0.1) is 0 Å². The molecule has 0 atom stereocenters. The molecule has 29 heavy (non-hydrogen) atoms. The third-order valence-corrected chi connectivity index (χ3v) is 4.68. The minimum atomic E-state index is 0.0472. The number of methoxy groups -OCH3 is 1. The average molecular weight is 384 g/mol. The number of pyridine rings is 2. The van der Waals surface area contributed by atoms with E-state index < -0.39 is 0 Å². The van der Waals surface area contributed by atoms with Crippen molar-refractivity contribution < 1.29 is 14.9 Å². The molecule has 5 heteroatoms. The molecule has 0 aliphatic heterocycles. The molecule has 0 aliphatic carbocycles. The Labute approximate surface area is 168 Å². The molecule has 144 valence electrons. The molecule has 2 aromatic carbocycles. The highest BCUT2D eigenvalue weighted by atomic mass is 16.5. The van der Waals surface area contributed by atoms with Crippen molar-refractivity contribution in [3.05, 3.63) is 78.4 Å². The molecule has 0 unspecified atom stereocenters. The summed E-state index contributed by atoms with van der Waals surface area (Å²) in [5.41, 5.74) is 4.85. The van der Waals surface area contributed by atoms with Gasteiger partial charge in [-0.1, -0.05) is 24.3 Å². The molecule has 2 N–H and O–H groups in total. The summed E-state index contributed by atoms with van der Waals surface area (Å²) in [6.45, 7) is 1.93. The van der Waals surface area contributed by atoms with E-state index in [0.717, 1.165) is 5.56 Å². The van der Waals surface area contributed by atoms with Crippen LogP contribution in [0.2, 0.25) is 0 Å². The highest BCUT2D eigenvalue weighted by Gasteiger charge is 2.13. The van der Waals surface area contributed by atoms with Crippen molar-refractivity contribution in [3.8, 4) is 51.2 Å². The summed E-state index contributed by atoms with van der Waals surface area (Å²) in [4.78, 5) is 9.37. The average Bonchev–Trinajstić information content (AvgIpc) is 2.74. The fourth-order valence-corrected chi connectivity index (χ4v) is 3.21. The first-order valence-electron chi connectivity index (χ1n) is 9.17. The number of nitrogens with zero attached hydrogens (tertiary/aromatic N) is 2. The van der Waals surface area contributed by atoms with Crippen molar-refractivity contribution in [2.24, 2.45) is 0 Å². The van der Waals surface area contributed by atoms with Gasteiger partial charge < -0.3 is 14.9 Å². The summed E-state index contributed by atoms with van der Waals surface area (Å²) in [5.74, 6) is 0.633. The lowest BCUT2D eigenvalue weighted by atomic mass is 10.1. The Balaban J connectivity index is 1.76. The number of phenols is 2. The summed E-state index contributed by atoms with van der Waals surface area (Å²) in [6.07, 6.45) is 0. The molecule has 0 spiro atoms. The first kappa shape index (κ1) is 18.5. The van der Waals surface area contributed by atoms with Crippen LogP contribution in [-0.2, 0) is 0 Å². The van der Waals surface area contributed by atoms with Crippen molar-refractivity contribution in [3.63, 3.8) is 0 Å². The maximum atomic E-state index is 10.4. The predicted octanol–water partition coefficient (Wildman–Crippen LogP) is 5.21. The van der Waals surface area contributed by atoms with Crippen LogP contribution in [0, 0.1) is 6.92 Å². The van der Waals surface area contributed by atoms with Gasteiger partial charge in [0, 0.05) is 11.1 Å². The summed E-state index contributed by atoms with van der Waals surface area (Å²) in [7, 11) is 1.51. The van der Waals surface area contributed by atoms with E-state index in [1.165, 1.54) is 7.11 Å². The monoisotopic (exact) mass is 384 g/mol. The first-order valence-corrected chi connectivity index (χ1v) is 9.17. The van der Waals surface area contributed by atoms with Crippen LogP contribution in [0.3, 0.4) is 0 Å². The zero-order valence-electron chi connectivity index (χ0n) is 16.1. The van der Waals surface area contributed by atoms with E-state index in [9.17, 15) is 10.2 Å². The number of rotatable bonds is 4. The number of hydrogen-bond acceptors (Lipinski definition) is 5. The summed E-state index contributed by atoms with van der Waals surface area (Å²) in [5, 5.41) is 20.7. The lowest BCUT2D eigenvalue weighted by Gasteiger charge is -2.10. The topological polar surface area (TPSA) is 75.5 Å². The molecule has 0 bridgehead atoms. The third kappa shape index (κ3) is 3.62. The maximum absolute atomic E-state index is 10.4. The van der Waals surface area contributed by atoms with E-state index >= 15 is 0 Å². The Kier molecular flexibility index (Phi) is 4.87. The predicted molar refractivity (Wildman–Crippen MR) is 113 cm³/mol. The molecule has 0 fully saturated rings. The largest absolute Gasteiger partial charge is 0.507 e. The van der Waals surface area contributed by atoms with Crippen molar-refractivity contribution in [2.45, 2.75) is 6.92 Å². The quantitative estimate of drug-likeness (QED) is 0.505. The van der Waals surface area contributed by atoms with Gasteiger partial charge in [-0.25, -0.2) is 9.97 Å².